The lowest BCUT2D eigenvalue weighted by molar-refractivity contribution is 0.0673. The Hall–Kier alpha value is -0.990. The Kier molecular flexibility index (Phi) is 5.12. The van der Waals surface area contributed by atoms with E-state index < -0.39 is 6.16 Å². The highest BCUT2D eigenvalue weighted by Crippen LogP contribution is 2.23. The van der Waals surface area contributed by atoms with Gasteiger partial charge in [-0.15, -0.1) is 0 Å². The first kappa shape index (κ1) is 11.1. The van der Waals surface area contributed by atoms with Gasteiger partial charge in [0.05, 0.1) is 6.61 Å². The van der Waals surface area contributed by atoms with Gasteiger partial charge in [-0.25, -0.2) is 4.79 Å². The minimum Gasteiger partial charge on any atom is -0.435 e. The molecule has 3 heteroatoms. The van der Waals surface area contributed by atoms with Crippen LogP contribution in [0.2, 0.25) is 0 Å². The second-order valence-electron chi connectivity index (χ2n) is 2.61. The summed E-state index contributed by atoms with van der Waals surface area (Å²) in [5, 5.41) is 0. The molecule has 1 rings (SSSR count). The van der Waals surface area contributed by atoms with E-state index in [4.69, 9.17) is 4.74 Å². The number of rotatable bonds is 4. The Labute approximate surface area is 85.1 Å². The quantitative estimate of drug-likeness (QED) is 0.641. The minimum atomic E-state index is -0.625. The van der Waals surface area contributed by atoms with Gasteiger partial charge >= 0.3 is 6.16 Å². The third-order valence-electron chi connectivity index (χ3n) is 1.56. The molecular formula is C11H13O3. The maximum absolute atomic E-state index is 10.7. The van der Waals surface area contributed by atoms with Crippen molar-refractivity contribution in [3.8, 4) is 0 Å². The molecule has 0 atom stereocenters. The van der Waals surface area contributed by atoms with Crippen LogP contribution in [0.1, 0.15) is 6.92 Å². The van der Waals surface area contributed by atoms with Crippen molar-refractivity contribution in [2.45, 2.75) is 6.92 Å². The summed E-state index contributed by atoms with van der Waals surface area (Å²) in [6.07, 6.45) is 10.9. The van der Waals surface area contributed by atoms with E-state index in [1.54, 1.807) is 13.0 Å². The first-order valence-corrected chi connectivity index (χ1v) is 4.50. The van der Waals surface area contributed by atoms with Gasteiger partial charge in [0.1, 0.15) is 6.61 Å². The summed E-state index contributed by atoms with van der Waals surface area (Å²) >= 11 is 0. The molecule has 0 aromatic heterocycles. The third-order valence-corrected chi connectivity index (χ3v) is 1.56. The van der Waals surface area contributed by atoms with E-state index in [0.29, 0.717) is 6.61 Å². The zero-order chi connectivity index (χ0) is 10.2. The van der Waals surface area contributed by atoms with E-state index in [0.717, 1.165) is 5.92 Å². The molecule has 1 aliphatic rings. The zero-order valence-electron chi connectivity index (χ0n) is 8.10. The first-order chi connectivity index (χ1) is 6.83. The van der Waals surface area contributed by atoms with Crippen LogP contribution in [0.4, 0.5) is 4.79 Å². The maximum atomic E-state index is 10.7. The second-order valence-corrected chi connectivity index (χ2v) is 2.61. The van der Waals surface area contributed by atoms with Crippen molar-refractivity contribution in [2.75, 3.05) is 13.2 Å². The summed E-state index contributed by atoms with van der Waals surface area (Å²) in [7, 11) is 0. The molecule has 3 nitrogen and oxygen atoms in total. The second kappa shape index (κ2) is 6.46. The Morgan fingerprint density at radius 1 is 1.36 bits per heavy atom. The molecule has 0 spiro atoms. The van der Waals surface area contributed by atoms with Crippen molar-refractivity contribution in [3.05, 3.63) is 43.8 Å². The fourth-order valence-corrected chi connectivity index (χ4v) is 0.960. The summed E-state index contributed by atoms with van der Waals surface area (Å²) in [6, 6.07) is 0. The van der Waals surface area contributed by atoms with Crippen molar-refractivity contribution in [1.29, 1.82) is 0 Å². The highest BCUT2D eigenvalue weighted by atomic mass is 16.7. The molecular weight excluding hydrogens is 180 g/mol. The lowest BCUT2D eigenvalue weighted by Gasteiger charge is -2.01. The largest absolute Gasteiger partial charge is 0.508 e. The van der Waals surface area contributed by atoms with Crippen LogP contribution in [-0.4, -0.2) is 19.4 Å². The van der Waals surface area contributed by atoms with Gasteiger partial charge in [0, 0.05) is 5.92 Å². The number of carbonyl (C=O) groups excluding carboxylic acids is 1. The molecule has 0 N–H and O–H groups in total. The number of allylic oxidation sites excluding steroid dienone is 1. The molecule has 0 saturated heterocycles. The molecule has 14 heavy (non-hydrogen) atoms. The summed E-state index contributed by atoms with van der Waals surface area (Å²) in [6.45, 7) is 2.32. The van der Waals surface area contributed by atoms with Crippen LogP contribution in [0, 0.1) is 31.6 Å². The van der Waals surface area contributed by atoms with Crippen LogP contribution < -0.4 is 0 Å². The fourth-order valence-electron chi connectivity index (χ4n) is 0.960. The molecule has 1 saturated carbocycles. The summed E-state index contributed by atoms with van der Waals surface area (Å²) < 4.78 is 9.32. The van der Waals surface area contributed by atoms with E-state index in [-0.39, 0.29) is 6.61 Å². The van der Waals surface area contributed by atoms with E-state index >= 15 is 0 Å². The molecule has 75 valence electrons. The van der Waals surface area contributed by atoms with Gasteiger partial charge in [0.15, 0.2) is 0 Å². The Bertz CT molecular complexity index is 193. The zero-order valence-corrected chi connectivity index (χ0v) is 8.10. The van der Waals surface area contributed by atoms with Gasteiger partial charge in [-0.3, -0.25) is 0 Å². The van der Waals surface area contributed by atoms with Gasteiger partial charge in [-0.1, -0.05) is 12.2 Å². The summed E-state index contributed by atoms with van der Waals surface area (Å²) in [4.78, 5) is 10.7. The summed E-state index contributed by atoms with van der Waals surface area (Å²) in [5.74, 6) is 1.09. The SMILES string of the molecule is CCOC(=O)OC/C=C/[C]1[CH][CH][CH][CH]1. The predicted octanol–water partition coefficient (Wildman–Crippen LogP) is 2.12. The van der Waals surface area contributed by atoms with Crippen LogP contribution in [0.5, 0.6) is 0 Å². The van der Waals surface area contributed by atoms with Gasteiger partial charge in [-0.05, 0) is 32.6 Å². The van der Waals surface area contributed by atoms with Crippen LogP contribution in [0.3, 0.4) is 0 Å². The van der Waals surface area contributed by atoms with E-state index in [1.807, 2.05) is 31.8 Å². The van der Waals surface area contributed by atoms with Crippen LogP contribution >= 0.6 is 0 Å². The fraction of sp³-hybridized carbons (Fsp3) is 0.273. The van der Waals surface area contributed by atoms with Crippen LogP contribution in [0.15, 0.2) is 12.2 Å². The molecule has 0 bridgehead atoms. The standard InChI is InChI=1S/C11H13O3/c1-2-13-11(12)14-9-5-8-10-6-3-4-7-10/h3-8H,2,9H2,1H3/b8-5+. The molecule has 5 radical (unpaired) electrons. The van der Waals surface area contributed by atoms with Gasteiger partial charge in [0.2, 0.25) is 0 Å². The van der Waals surface area contributed by atoms with Crippen molar-refractivity contribution in [2.24, 2.45) is 0 Å². The smallest absolute Gasteiger partial charge is 0.435 e. The highest BCUT2D eigenvalue weighted by Gasteiger charge is 2.12. The molecule has 0 aromatic carbocycles. The van der Waals surface area contributed by atoms with Crippen LogP contribution in [-0.2, 0) is 9.47 Å². The monoisotopic (exact) mass is 193 g/mol. The van der Waals surface area contributed by atoms with Crippen molar-refractivity contribution in [1.82, 2.24) is 0 Å². The topological polar surface area (TPSA) is 35.5 Å². The minimum absolute atomic E-state index is 0.240. The van der Waals surface area contributed by atoms with Crippen LogP contribution in [0.25, 0.3) is 0 Å². The predicted molar refractivity (Wildman–Crippen MR) is 52.6 cm³/mol. The average Bonchev–Trinajstić information content (AvgIpc) is 2.65. The molecule has 0 aliphatic heterocycles. The van der Waals surface area contributed by atoms with Gasteiger partial charge in [0.25, 0.3) is 0 Å². The van der Waals surface area contributed by atoms with Crippen molar-refractivity contribution in [3.63, 3.8) is 0 Å². The lowest BCUT2D eigenvalue weighted by Crippen LogP contribution is -2.06. The molecule has 0 unspecified atom stereocenters. The highest BCUT2D eigenvalue weighted by molar-refractivity contribution is 5.59. The number of hydrogen-bond acceptors (Lipinski definition) is 3. The molecule has 0 heterocycles. The molecule has 0 amide bonds. The lowest BCUT2D eigenvalue weighted by atomic mass is 10.1. The maximum Gasteiger partial charge on any atom is 0.508 e. The number of hydrogen-bond donors (Lipinski definition) is 0. The van der Waals surface area contributed by atoms with Gasteiger partial charge < -0.3 is 9.47 Å². The average molecular weight is 193 g/mol. The molecule has 1 fully saturated rings. The van der Waals surface area contributed by atoms with E-state index in [1.165, 1.54) is 0 Å². The summed E-state index contributed by atoms with van der Waals surface area (Å²) in [5.41, 5.74) is 0. The third kappa shape index (κ3) is 4.30. The molecule has 0 aromatic rings. The van der Waals surface area contributed by atoms with Crippen molar-refractivity contribution < 1.29 is 14.3 Å². The van der Waals surface area contributed by atoms with Gasteiger partial charge in [-0.2, -0.15) is 0 Å². The first-order valence-electron chi connectivity index (χ1n) is 4.50. The van der Waals surface area contributed by atoms with E-state index in [9.17, 15) is 4.79 Å². The Morgan fingerprint density at radius 3 is 2.71 bits per heavy atom. The Morgan fingerprint density at radius 2 is 2.07 bits per heavy atom. The van der Waals surface area contributed by atoms with Crippen molar-refractivity contribution >= 4 is 6.16 Å². The normalized spacial score (nSPS) is 17.5. The Balaban J connectivity index is 2.04. The number of ether oxygens (including phenoxy) is 2. The molecule has 1 aliphatic carbocycles. The van der Waals surface area contributed by atoms with E-state index in [2.05, 4.69) is 4.74 Å². The number of carbonyl (C=O) groups is 1.